The Morgan fingerprint density at radius 3 is 2.55 bits per heavy atom. The van der Waals surface area contributed by atoms with Crippen LogP contribution in [0.3, 0.4) is 0 Å². The van der Waals surface area contributed by atoms with Crippen LogP contribution in [0.5, 0.6) is 5.75 Å². The summed E-state index contributed by atoms with van der Waals surface area (Å²) in [6, 6.07) is 3.96. The fraction of sp³-hybridized carbons (Fsp3) is 0.667. The molecule has 1 aromatic carbocycles. The molecule has 5 nitrogen and oxygen atoms in total. The second kappa shape index (κ2) is 6.81. The predicted molar refractivity (Wildman–Crippen MR) is 111 cm³/mol. The van der Waals surface area contributed by atoms with Gasteiger partial charge in [-0.15, -0.1) is 0 Å². The van der Waals surface area contributed by atoms with Crippen molar-refractivity contribution in [2.24, 2.45) is 23.2 Å². The summed E-state index contributed by atoms with van der Waals surface area (Å²) in [4.78, 5) is 12.6. The van der Waals surface area contributed by atoms with Crippen LogP contribution in [0.1, 0.15) is 64.2 Å². The van der Waals surface area contributed by atoms with E-state index in [-0.39, 0.29) is 29.8 Å². The third-order valence-electron chi connectivity index (χ3n) is 8.35. The minimum Gasteiger partial charge on any atom is -0.496 e. The molecule has 0 aromatic heterocycles. The van der Waals surface area contributed by atoms with Crippen LogP contribution in [-0.2, 0) is 22.0 Å². The lowest BCUT2D eigenvalue weighted by molar-refractivity contribution is -0.433. The standard InChI is InChI=1S/C24H34O5/c1-14-18-10-12-24(29-28-22(3,4)15(2)21(14)26)19-7-8-20(27-6)17(13-25)16(19)9-11-23(18,24)5/h7-9,11,14-15,18,21,25-26H,10,12-13H2,1-6H3. The van der Waals surface area contributed by atoms with Gasteiger partial charge in [0.1, 0.15) is 17.0 Å². The molecule has 1 aromatic rings. The molecule has 1 saturated carbocycles. The molecule has 1 saturated heterocycles. The van der Waals surface area contributed by atoms with Gasteiger partial charge in [-0.1, -0.05) is 39.0 Å². The lowest BCUT2D eigenvalue weighted by Gasteiger charge is -2.48. The Hall–Kier alpha value is -1.40. The van der Waals surface area contributed by atoms with E-state index in [0.717, 1.165) is 29.5 Å². The summed E-state index contributed by atoms with van der Waals surface area (Å²) >= 11 is 0. The molecule has 6 atom stereocenters. The highest BCUT2D eigenvalue weighted by Crippen LogP contribution is 2.65. The molecule has 1 heterocycles. The number of methoxy groups -OCH3 is 1. The minimum atomic E-state index is -0.673. The molecule has 2 bridgehead atoms. The molecule has 0 spiro atoms. The number of benzene rings is 1. The van der Waals surface area contributed by atoms with Crippen LogP contribution in [-0.4, -0.2) is 29.0 Å². The van der Waals surface area contributed by atoms with E-state index in [4.69, 9.17) is 14.5 Å². The normalized spacial score (nSPS) is 40.4. The minimum absolute atomic E-state index is 0.0776. The van der Waals surface area contributed by atoms with Crippen molar-refractivity contribution in [1.29, 1.82) is 0 Å². The second-order valence-corrected chi connectivity index (χ2v) is 9.86. The van der Waals surface area contributed by atoms with E-state index in [1.165, 1.54) is 0 Å². The summed E-state index contributed by atoms with van der Waals surface area (Å²) in [7, 11) is 1.62. The highest BCUT2D eigenvalue weighted by Gasteiger charge is 2.64. The van der Waals surface area contributed by atoms with Crippen molar-refractivity contribution in [3.05, 3.63) is 34.9 Å². The molecule has 2 N–H and O–H groups in total. The van der Waals surface area contributed by atoms with Crippen LogP contribution >= 0.6 is 0 Å². The molecular weight excluding hydrogens is 368 g/mol. The summed E-state index contributed by atoms with van der Waals surface area (Å²) in [6.45, 7) is 10.3. The monoisotopic (exact) mass is 402 g/mol. The molecule has 3 aliphatic rings. The number of fused-ring (bicyclic) bond motifs is 1. The largest absolute Gasteiger partial charge is 0.496 e. The van der Waals surface area contributed by atoms with Gasteiger partial charge in [0, 0.05) is 16.9 Å². The van der Waals surface area contributed by atoms with E-state index in [1.54, 1.807) is 7.11 Å². The van der Waals surface area contributed by atoms with Gasteiger partial charge >= 0.3 is 0 Å². The first-order valence-electron chi connectivity index (χ1n) is 10.7. The molecule has 1 aliphatic heterocycles. The lowest BCUT2D eigenvalue weighted by Crippen LogP contribution is -2.47. The SMILES string of the molecule is COc1ccc2c(c1CO)C=CC1(C)C3CCC21OOC(C)(C)C(C)C(O)C3C. The first-order chi connectivity index (χ1) is 13.6. The number of aliphatic hydroxyl groups excluding tert-OH is 2. The number of aliphatic hydroxyl groups is 2. The Morgan fingerprint density at radius 2 is 1.90 bits per heavy atom. The van der Waals surface area contributed by atoms with Crippen molar-refractivity contribution in [3.63, 3.8) is 0 Å². The third-order valence-corrected chi connectivity index (χ3v) is 8.35. The fourth-order valence-electron chi connectivity index (χ4n) is 6.05. The molecule has 4 rings (SSSR count). The van der Waals surface area contributed by atoms with Crippen LogP contribution < -0.4 is 4.74 Å². The Balaban J connectivity index is 1.94. The zero-order chi connectivity index (χ0) is 21.2. The van der Waals surface area contributed by atoms with Gasteiger partial charge < -0.3 is 14.9 Å². The van der Waals surface area contributed by atoms with E-state index >= 15 is 0 Å². The zero-order valence-electron chi connectivity index (χ0n) is 18.4. The van der Waals surface area contributed by atoms with Crippen molar-refractivity contribution < 1.29 is 24.7 Å². The molecule has 5 heteroatoms. The Morgan fingerprint density at radius 1 is 1.17 bits per heavy atom. The number of ether oxygens (including phenoxy) is 1. The molecule has 6 unspecified atom stereocenters. The van der Waals surface area contributed by atoms with E-state index in [0.29, 0.717) is 5.75 Å². The predicted octanol–water partition coefficient (Wildman–Crippen LogP) is 4.20. The van der Waals surface area contributed by atoms with Gasteiger partial charge in [-0.2, -0.15) is 0 Å². The summed E-state index contributed by atoms with van der Waals surface area (Å²) in [5, 5.41) is 21.2. The molecule has 29 heavy (non-hydrogen) atoms. The number of hydrogen-bond acceptors (Lipinski definition) is 5. The Kier molecular flexibility index (Phi) is 4.90. The number of rotatable bonds is 2. The molecule has 2 fully saturated rings. The lowest BCUT2D eigenvalue weighted by atomic mass is 9.60. The molecule has 0 amide bonds. The van der Waals surface area contributed by atoms with Crippen molar-refractivity contribution in [1.82, 2.24) is 0 Å². The van der Waals surface area contributed by atoms with Crippen LogP contribution in [0.15, 0.2) is 18.2 Å². The summed E-state index contributed by atoms with van der Waals surface area (Å²) in [5.74, 6) is 0.947. The first-order valence-corrected chi connectivity index (χ1v) is 10.7. The topological polar surface area (TPSA) is 68.2 Å². The molecule has 2 aliphatic carbocycles. The van der Waals surface area contributed by atoms with Crippen LogP contribution in [0.2, 0.25) is 0 Å². The van der Waals surface area contributed by atoms with Gasteiger partial charge in [0.15, 0.2) is 0 Å². The maximum atomic E-state index is 11.2. The Bertz CT molecular complexity index is 831. The van der Waals surface area contributed by atoms with Gasteiger partial charge in [-0.3, -0.25) is 0 Å². The van der Waals surface area contributed by atoms with E-state index in [2.05, 4.69) is 32.1 Å². The zero-order valence-corrected chi connectivity index (χ0v) is 18.4. The average molecular weight is 403 g/mol. The first kappa shape index (κ1) is 20.9. The molecular formula is C24H34O5. The average Bonchev–Trinajstić information content (AvgIpc) is 3.02. The van der Waals surface area contributed by atoms with E-state index < -0.39 is 17.3 Å². The summed E-state index contributed by atoms with van der Waals surface area (Å²) in [6.07, 6.45) is 5.55. The highest BCUT2D eigenvalue weighted by atomic mass is 17.2. The third kappa shape index (κ3) is 2.67. The van der Waals surface area contributed by atoms with Crippen molar-refractivity contribution in [3.8, 4) is 5.75 Å². The second-order valence-electron chi connectivity index (χ2n) is 9.86. The maximum absolute atomic E-state index is 11.2. The van der Waals surface area contributed by atoms with E-state index in [9.17, 15) is 10.2 Å². The van der Waals surface area contributed by atoms with Gasteiger partial charge in [0.25, 0.3) is 0 Å². The Labute approximate surface area is 173 Å². The quantitative estimate of drug-likeness (QED) is 0.726. The molecule has 0 radical (unpaired) electrons. The van der Waals surface area contributed by atoms with Crippen LogP contribution in [0, 0.1) is 23.2 Å². The van der Waals surface area contributed by atoms with Crippen molar-refractivity contribution in [2.75, 3.05) is 7.11 Å². The fourth-order valence-corrected chi connectivity index (χ4v) is 6.05. The molecule has 160 valence electrons. The van der Waals surface area contributed by atoms with Gasteiger partial charge in [-0.25, -0.2) is 9.78 Å². The summed E-state index contributed by atoms with van der Waals surface area (Å²) < 4.78 is 5.48. The van der Waals surface area contributed by atoms with E-state index in [1.807, 2.05) is 26.8 Å². The number of hydrogen-bond donors (Lipinski definition) is 2. The van der Waals surface area contributed by atoms with Crippen LogP contribution in [0.25, 0.3) is 6.08 Å². The van der Waals surface area contributed by atoms with Gasteiger partial charge in [0.05, 0.1) is 19.8 Å². The maximum Gasteiger partial charge on any atom is 0.138 e. The summed E-state index contributed by atoms with van der Waals surface area (Å²) in [5.41, 5.74) is 1.11. The van der Waals surface area contributed by atoms with Gasteiger partial charge in [0.2, 0.25) is 0 Å². The van der Waals surface area contributed by atoms with Gasteiger partial charge in [-0.05, 0) is 55.7 Å². The van der Waals surface area contributed by atoms with Crippen LogP contribution in [0.4, 0.5) is 0 Å². The van der Waals surface area contributed by atoms with Crippen molar-refractivity contribution in [2.45, 2.75) is 71.4 Å². The highest BCUT2D eigenvalue weighted by molar-refractivity contribution is 5.67. The van der Waals surface area contributed by atoms with Crippen molar-refractivity contribution >= 4 is 6.08 Å². The smallest absolute Gasteiger partial charge is 0.138 e.